The summed E-state index contributed by atoms with van der Waals surface area (Å²) in [5, 5.41) is 12.9. The van der Waals surface area contributed by atoms with Crippen LogP contribution in [0.25, 0.3) is 0 Å². The molecule has 1 saturated heterocycles. The number of nitrogens with one attached hydrogen (secondary N) is 1. The number of aliphatic hydroxyl groups is 1. The Balaban J connectivity index is 1.67. The van der Waals surface area contributed by atoms with Crippen molar-refractivity contribution in [2.24, 2.45) is 0 Å². The number of anilines is 1. The summed E-state index contributed by atoms with van der Waals surface area (Å²) in [7, 11) is 0. The predicted octanol–water partition coefficient (Wildman–Crippen LogP) is 2.88. The zero-order valence-corrected chi connectivity index (χ0v) is 14.8. The number of hydrogen-bond donors (Lipinski definition) is 2. The quantitative estimate of drug-likeness (QED) is 0.860. The molecule has 0 radical (unpaired) electrons. The van der Waals surface area contributed by atoms with Gasteiger partial charge in [0, 0.05) is 6.20 Å². The molecule has 1 aliphatic heterocycles. The van der Waals surface area contributed by atoms with Gasteiger partial charge in [0.1, 0.15) is 11.9 Å². The predicted molar refractivity (Wildman–Crippen MR) is 97.4 cm³/mol. The molecule has 2 unspecified atom stereocenters. The average Bonchev–Trinajstić information content (AvgIpc) is 2.98. The Labute approximate surface area is 152 Å². The van der Waals surface area contributed by atoms with E-state index in [1.165, 1.54) is 0 Å². The lowest BCUT2D eigenvalue weighted by Crippen LogP contribution is -2.34. The minimum absolute atomic E-state index is 0.00808. The largest absolute Gasteiger partial charge is 0.454 e. The number of ether oxygens (including phenoxy) is 2. The molecule has 0 bridgehead atoms. The number of rotatable bonds is 5. The molecular weight excluding hydrogens is 334 g/mol. The molecule has 0 saturated carbocycles. The van der Waals surface area contributed by atoms with E-state index in [-0.39, 0.29) is 24.8 Å². The van der Waals surface area contributed by atoms with Crippen LogP contribution in [0.15, 0.2) is 48.8 Å². The molecule has 2 amide bonds. The van der Waals surface area contributed by atoms with Crippen molar-refractivity contribution in [1.82, 2.24) is 9.88 Å². The number of urea groups is 1. The van der Waals surface area contributed by atoms with E-state index in [0.29, 0.717) is 23.7 Å². The Morgan fingerprint density at radius 3 is 2.81 bits per heavy atom. The van der Waals surface area contributed by atoms with Crippen LogP contribution in [-0.4, -0.2) is 52.4 Å². The molecule has 3 rings (SSSR count). The van der Waals surface area contributed by atoms with Crippen molar-refractivity contribution in [2.45, 2.75) is 32.2 Å². The maximum Gasteiger partial charge on any atom is 0.322 e. The van der Waals surface area contributed by atoms with E-state index >= 15 is 0 Å². The van der Waals surface area contributed by atoms with Gasteiger partial charge in [-0.3, -0.25) is 4.98 Å². The summed E-state index contributed by atoms with van der Waals surface area (Å²) in [5.74, 6) is 1.10. The Hall–Kier alpha value is -2.64. The number of aromatic nitrogens is 1. The highest BCUT2D eigenvalue weighted by molar-refractivity contribution is 5.91. The summed E-state index contributed by atoms with van der Waals surface area (Å²) in [6.07, 6.45) is 2.19. The Morgan fingerprint density at radius 2 is 2.08 bits per heavy atom. The standard InChI is InChI=1S/C19H23N3O4/c1-13(2)25-18-12-22(11-16(18)23)19(24)21-15-7-3-4-8-17(15)26-14-6-5-9-20-10-14/h3-10,13,16,18,23H,11-12H2,1-2H3,(H,21,24). The van der Waals surface area contributed by atoms with Gasteiger partial charge in [-0.25, -0.2) is 4.79 Å². The molecule has 2 atom stereocenters. The monoisotopic (exact) mass is 357 g/mol. The number of β-amino-alcohol motifs (C(OH)–C–C–N with tert-alkyl or cyclic N) is 1. The van der Waals surface area contributed by atoms with Crippen LogP contribution in [0.2, 0.25) is 0 Å². The molecule has 138 valence electrons. The van der Waals surface area contributed by atoms with E-state index in [9.17, 15) is 9.90 Å². The molecule has 7 nitrogen and oxygen atoms in total. The van der Waals surface area contributed by atoms with Crippen molar-refractivity contribution in [2.75, 3.05) is 18.4 Å². The molecule has 2 aromatic rings. The first-order valence-electron chi connectivity index (χ1n) is 8.59. The van der Waals surface area contributed by atoms with Crippen LogP contribution in [0.5, 0.6) is 11.5 Å². The van der Waals surface area contributed by atoms with Crippen molar-refractivity contribution >= 4 is 11.7 Å². The second-order valence-corrected chi connectivity index (χ2v) is 6.41. The highest BCUT2D eigenvalue weighted by atomic mass is 16.5. The van der Waals surface area contributed by atoms with Crippen molar-refractivity contribution in [3.63, 3.8) is 0 Å². The van der Waals surface area contributed by atoms with Crippen LogP contribution >= 0.6 is 0 Å². The number of nitrogens with zero attached hydrogens (tertiary/aromatic N) is 2. The fourth-order valence-electron chi connectivity index (χ4n) is 2.79. The van der Waals surface area contributed by atoms with Gasteiger partial charge in [0.25, 0.3) is 0 Å². The van der Waals surface area contributed by atoms with Gasteiger partial charge < -0.3 is 24.8 Å². The summed E-state index contributed by atoms with van der Waals surface area (Å²) in [5.41, 5.74) is 0.545. The zero-order valence-electron chi connectivity index (χ0n) is 14.8. The van der Waals surface area contributed by atoms with E-state index in [0.717, 1.165) is 0 Å². The maximum atomic E-state index is 12.6. The maximum absolute atomic E-state index is 12.6. The highest BCUT2D eigenvalue weighted by Gasteiger charge is 2.35. The number of amides is 2. The SMILES string of the molecule is CC(C)OC1CN(C(=O)Nc2ccccc2Oc2cccnc2)CC1O. The Bertz CT molecular complexity index is 739. The minimum atomic E-state index is -0.690. The smallest absolute Gasteiger partial charge is 0.322 e. The topological polar surface area (TPSA) is 83.9 Å². The molecule has 7 heteroatoms. The van der Waals surface area contributed by atoms with E-state index in [2.05, 4.69) is 10.3 Å². The van der Waals surface area contributed by atoms with Gasteiger partial charge in [-0.05, 0) is 38.1 Å². The first-order valence-corrected chi connectivity index (χ1v) is 8.59. The van der Waals surface area contributed by atoms with Gasteiger partial charge in [-0.2, -0.15) is 0 Å². The summed E-state index contributed by atoms with van der Waals surface area (Å²) in [6, 6.07) is 10.4. The number of benzene rings is 1. The van der Waals surface area contributed by atoms with Gasteiger partial charge >= 0.3 is 6.03 Å². The third-order valence-corrected chi connectivity index (χ3v) is 3.96. The zero-order chi connectivity index (χ0) is 18.5. The number of likely N-dealkylation sites (tertiary alicyclic amines) is 1. The second-order valence-electron chi connectivity index (χ2n) is 6.41. The van der Waals surface area contributed by atoms with Gasteiger partial charge in [0.2, 0.25) is 0 Å². The average molecular weight is 357 g/mol. The Kier molecular flexibility index (Phi) is 5.70. The number of para-hydroxylation sites is 2. The second kappa shape index (κ2) is 8.16. The number of aliphatic hydroxyl groups excluding tert-OH is 1. The van der Waals surface area contributed by atoms with Gasteiger partial charge in [-0.1, -0.05) is 12.1 Å². The van der Waals surface area contributed by atoms with Crippen LogP contribution in [0.3, 0.4) is 0 Å². The molecule has 2 heterocycles. The molecule has 2 N–H and O–H groups in total. The van der Waals surface area contributed by atoms with Crippen molar-refractivity contribution in [1.29, 1.82) is 0 Å². The van der Waals surface area contributed by atoms with Crippen LogP contribution in [0, 0.1) is 0 Å². The molecule has 0 spiro atoms. The van der Waals surface area contributed by atoms with E-state index < -0.39 is 6.10 Å². The minimum Gasteiger partial charge on any atom is -0.454 e. The fraction of sp³-hybridized carbons (Fsp3) is 0.368. The van der Waals surface area contributed by atoms with Crippen molar-refractivity contribution in [3.8, 4) is 11.5 Å². The van der Waals surface area contributed by atoms with Gasteiger partial charge in [-0.15, -0.1) is 0 Å². The third-order valence-electron chi connectivity index (χ3n) is 3.96. The van der Waals surface area contributed by atoms with Crippen LogP contribution < -0.4 is 10.1 Å². The summed E-state index contributed by atoms with van der Waals surface area (Å²) < 4.78 is 11.5. The van der Waals surface area contributed by atoms with E-state index in [1.54, 1.807) is 41.6 Å². The lowest BCUT2D eigenvalue weighted by molar-refractivity contribution is -0.0393. The summed E-state index contributed by atoms with van der Waals surface area (Å²) in [6.45, 7) is 4.38. The fourth-order valence-corrected chi connectivity index (χ4v) is 2.79. The lowest BCUT2D eigenvalue weighted by atomic mass is 10.2. The number of pyridine rings is 1. The van der Waals surface area contributed by atoms with E-state index in [1.807, 2.05) is 26.0 Å². The number of hydrogen-bond acceptors (Lipinski definition) is 5. The molecule has 0 aliphatic carbocycles. The first kappa shape index (κ1) is 18.2. The highest BCUT2D eigenvalue weighted by Crippen LogP contribution is 2.29. The molecule has 1 aliphatic rings. The van der Waals surface area contributed by atoms with Crippen LogP contribution in [0.4, 0.5) is 10.5 Å². The molecule has 1 aromatic carbocycles. The van der Waals surface area contributed by atoms with Gasteiger partial charge in [0.15, 0.2) is 5.75 Å². The van der Waals surface area contributed by atoms with E-state index in [4.69, 9.17) is 9.47 Å². The van der Waals surface area contributed by atoms with Gasteiger partial charge in [0.05, 0.1) is 37.2 Å². The molecular formula is C19H23N3O4. The summed E-state index contributed by atoms with van der Waals surface area (Å²) in [4.78, 5) is 18.1. The number of carbonyl (C=O) groups excluding carboxylic acids is 1. The third kappa shape index (κ3) is 4.50. The first-order chi connectivity index (χ1) is 12.5. The lowest BCUT2D eigenvalue weighted by Gasteiger charge is -2.19. The number of carbonyl (C=O) groups is 1. The normalized spacial score (nSPS) is 19.6. The summed E-state index contributed by atoms with van der Waals surface area (Å²) >= 11 is 0. The molecule has 1 fully saturated rings. The van der Waals surface area contributed by atoms with Crippen LogP contribution in [0.1, 0.15) is 13.8 Å². The van der Waals surface area contributed by atoms with Crippen molar-refractivity contribution < 1.29 is 19.4 Å². The molecule has 26 heavy (non-hydrogen) atoms. The van der Waals surface area contributed by atoms with Crippen LogP contribution in [-0.2, 0) is 4.74 Å². The Morgan fingerprint density at radius 1 is 1.27 bits per heavy atom. The molecule has 1 aromatic heterocycles. The van der Waals surface area contributed by atoms with Crippen molar-refractivity contribution in [3.05, 3.63) is 48.8 Å².